The topological polar surface area (TPSA) is 46.2 Å². The van der Waals surface area contributed by atoms with Gasteiger partial charge in [-0.05, 0) is 68.7 Å². The van der Waals surface area contributed by atoms with Gasteiger partial charge < -0.3 is 5.32 Å². The Balaban J connectivity index is 2.08. The van der Waals surface area contributed by atoms with Crippen LogP contribution in [0.2, 0.25) is 0 Å². The molecule has 152 valence electrons. The summed E-state index contributed by atoms with van der Waals surface area (Å²) in [5.41, 5.74) is 2.48. The van der Waals surface area contributed by atoms with E-state index in [0.29, 0.717) is 10.9 Å². The molecule has 0 radical (unpaired) electrons. The Morgan fingerprint density at radius 2 is 1.74 bits per heavy atom. The Labute approximate surface area is 166 Å². The minimum Gasteiger partial charge on any atom is -0.310 e. The summed E-state index contributed by atoms with van der Waals surface area (Å²) in [5.74, 6) is 0.809. The lowest BCUT2D eigenvalue weighted by Gasteiger charge is -2.31. The SMILES string of the molecule is CC(C)=CC(CC(C)(C)c1ccc(S(C)(=O)=O)cc1)NCC1CCCCC1. The van der Waals surface area contributed by atoms with Crippen LogP contribution >= 0.6 is 0 Å². The van der Waals surface area contributed by atoms with Crippen molar-refractivity contribution in [2.75, 3.05) is 12.8 Å². The predicted molar refractivity (Wildman–Crippen MR) is 115 cm³/mol. The van der Waals surface area contributed by atoms with Crippen LogP contribution in [0, 0.1) is 5.92 Å². The van der Waals surface area contributed by atoms with E-state index in [-0.39, 0.29) is 5.41 Å². The molecule has 0 heterocycles. The van der Waals surface area contributed by atoms with Crippen LogP contribution in [0.5, 0.6) is 0 Å². The molecule has 1 fully saturated rings. The molecule has 1 N–H and O–H groups in total. The summed E-state index contributed by atoms with van der Waals surface area (Å²) in [5, 5.41) is 3.81. The second-order valence-electron chi connectivity index (χ2n) is 9.15. The lowest BCUT2D eigenvalue weighted by atomic mass is 9.78. The summed E-state index contributed by atoms with van der Waals surface area (Å²) in [7, 11) is -3.15. The zero-order chi connectivity index (χ0) is 20.1. The number of hydrogen-bond acceptors (Lipinski definition) is 3. The summed E-state index contributed by atoms with van der Waals surface area (Å²) in [6.45, 7) is 9.90. The normalized spacial score (nSPS) is 17.5. The molecule has 0 saturated heterocycles. The Bertz CT molecular complexity index is 722. The molecule has 0 aliphatic heterocycles. The van der Waals surface area contributed by atoms with E-state index in [1.54, 1.807) is 12.1 Å². The fraction of sp³-hybridized carbons (Fsp3) is 0.652. The average molecular weight is 392 g/mol. The zero-order valence-corrected chi connectivity index (χ0v) is 18.5. The molecule has 4 heteroatoms. The van der Waals surface area contributed by atoms with Gasteiger partial charge in [0.05, 0.1) is 4.90 Å². The minimum atomic E-state index is -3.15. The number of allylic oxidation sites excluding steroid dienone is 1. The third-order valence-corrected chi connectivity index (χ3v) is 6.85. The van der Waals surface area contributed by atoms with Crippen molar-refractivity contribution in [2.24, 2.45) is 5.92 Å². The van der Waals surface area contributed by atoms with Gasteiger partial charge in [-0.1, -0.05) is 56.9 Å². The molecular weight excluding hydrogens is 354 g/mol. The van der Waals surface area contributed by atoms with E-state index in [4.69, 9.17) is 0 Å². The molecule has 1 atom stereocenters. The minimum absolute atomic E-state index is 0.0355. The quantitative estimate of drug-likeness (QED) is 0.615. The molecule has 2 rings (SSSR count). The first-order valence-electron chi connectivity index (χ1n) is 10.3. The largest absolute Gasteiger partial charge is 0.310 e. The van der Waals surface area contributed by atoms with Crippen molar-refractivity contribution in [3.8, 4) is 0 Å². The van der Waals surface area contributed by atoms with E-state index in [0.717, 1.165) is 18.9 Å². The molecule has 1 aromatic carbocycles. The molecule has 1 aliphatic carbocycles. The maximum absolute atomic E-state index is 11.7. The summed E-state index contributed by atoms with van der Waals surface area (Å²) in [4.78, 5) is 0.387. The number of nitrogens with one attached hydrogen (secondary N) is 1. The molecule has 0 bridgehead atoms. The van der Waals surface area contributed by atoms with Crippen LogP contribution in [0.15, 0.2) is 40.8 Å². The average Bonchev–Trinajstić information content (AvgIpc) is 2.59. The van der Waals surface area contributed by atoms with Crippen LogP contribution in [0.3, 0.4) is 0 Å². The first kappa shape index (κ1) is 22.2. The van der Waals surface area contributed by atoms with Crippen LogP contribution < -0.4 is 5.32 Å². The first-order valence-corrected chi connectivity index (χ1v) is 12.2. The van der Waals surface area contributed by atoms with Crippen LogP contribution in [0.4, 0.5) is 0 Å². The molecular formula is C23H37NO2S. The van der Waals surface area contributed by atoms with Gasteiger partial charge in [-0.15, -0.1) is 0 Å². The van der Waals surface area contributed by atoms with Crippen molar-refractivity contribution in [2.45, 2.75) is 82.6 Å². The van der Waals surface area contributed by atoms with Crippen molar-refractivity contribution in [3.05, 3.63) is 41.5 Å². The molecule has 27 heavy (non-hydrogen) atoms. The third-order valence-electron chi connectivity index (χ3n) is 5.72. The second-order valence-corrected chi connectivity index (χ2v) is 11.2. The van der Waals surface area contributed by atoms with Gasteiger partial charge >= 0.3 is 0 Å². The Morgan fingerprint density at radius 3 is 2.26 bits per heavy atom. The number of hydrogen-bond donors (Lipinski definition) is 1. The lowest BCUT2D eigenvalue weighted by Crippen LogP contribution is -2.37. The molecule has 0 aromatic heterocycles. The van der Waals surface area contributed by atoms with Crippen molar-refractivity contribution in [3.63, 3.8) is 0 Å². The molecule has 1 unspecified atom stereocenters. The van der Waals surface area contributed by atoms with E-state index in [1.165, 1.54) is 49.5 Å². The van der Waals surface area contributed by atoms with Crippen molar-refractivity contribution in [1.82, 2.24) is 5.32 Å². The van der Waals surface area contributed by atoms with Gasteiger partial charge in [0.2, 0.25) is 0 Å². The Kier molecular flexibility index (Phi) is 7.70. The van der Waals surface area contributed by atoms with Crippen molar-refractivity contribution in [1.29, 1.82) is 0 Å². The van der Waals surface area contributed by atoms with Gasteiger partial charge in [0, 0.05) is 12.3 Å². The monoisotopic (exact) mass is 391 g/mol. The molecule has 3 nitrogen and oxygen atoms in total. The van der Waals surface area contributed by atoms with Gasteiger partial charge in [-0.25, -0.2) is 8.42 Å². The van der Waals surface area contributed by atoms with E-state index in [1.807, 2.05) is 12.1 Å². The van der Waals surface area contributed by atoms with Crippen molar-refractivity contribution < 1.29 is 8.42 Å². The van der Waals surface area contributed by atoms with Gasteiger partial charge in [-0.2, -0.15) is 0 Å². The van der Waals surface area contributed by atoms with Crippen LogP contribution in [0.1, 0.15) is 71.8 Å². The van der Waals surface area contributed by atoms with E-state index in [9.17, 15) is 8.42 Å². The number of rotatable bonds is 8. The predicted octanol–water partition coefficient (Wildman–Crippen LogP) is 5.26. The molecule has 1 aromatic rings. The van der Waals surface area contributed by atoms with Crippen LogP contribution in [-0.2, 0) is 15.3 Å². The first-order chi connectivity index (χ1) is 12.6. The number of sulfone groups is 1. The fourth-order valence-corrected chi connectivity index (χ4v) is 4.75. The van der Waals surface area contributed by atoms with Gasteiger partial charge in [-0.3, -0.25) is 0 Å². The fourth-order valence-electron chi connectivity index (χ4n) is 4.12. The van der Waals surface area contributed by atoms with Crippen LogP contribution in [0.25, 0.3) is 0 Å². The van der Waals surface area contributed by atoms with E-state index >= 15 is 0 Å². The highest BCUT2D eigenvalue weighted by atomic mass is 32.2. The molecule has 1 aliphatic rings. The second kappa shape index (κ2) is 9.38. The molecule has 0 amide bonds. The van der Waals surface area contributed by atoms with Crippen LogP contribution in [-0.4, -0.2) is 27.3 Å². The standard InChI is InChI=1S/C23H37NO2S/c1-18(2)15-21(24-17-19-9-7-6-8-10-19)16-23(3,4)20-11-13-22(14-12-20)27(5,25)26/h11-15,19,21,24H,6-10,16-17H2,1-5H3. The summed E-state index contributed by atoms with van der Waals surface area (Å²) in [6, 6.07) is 7.74. The summed E-state index contributed by atoms with van der Waals surface area (Å²) in [6.07, 6.45) is 11.4. The summed E-state index contributed by atoms with van der Waals surface area (Å²) < 4.78 is 23.4. The Hall–Kier alpha value is -1.13. The van der Waals surface area contributed by atoms with E-state index < -0.39 is 9.84 Å². The molecule has 1 saturated carbocycles. The summed E-state index contributed by atoms with van der Waals surface area (Å²) >= 11 is 0. The smallest absolute Gasteiger partial charge is 0.175 e. The molecule has 0 spiro atoms. The van der Waals surface area contributed by atoms with Crippen molar-refractivity contribution >= 4 is 9.84 Å². The third kappa shape index (κ3) is 7.08. The van der Waals surface area contributed by atoms with Gasteiger partial charge in [0.15, 0.2) is 9.84 Å². The maximum atomic E-state index is 11.7. The lowest BCUT2D eigenvalue weighted by molar-refractivity contribution is 0.319. The van der Waals surface area contributed by atoms with E-state index in [2.05, 4.69) is 39.1 Å². The Morgan fingerprint density at radius 1 is 1.15 bits per heavy atom. The zero-order valence-electron chi connectivity index (χ0n) is 17.7. The van der Waals surface area contributed by atoms with Gasteiger partial charge in [0.25, 0.3) is 0 Å². The highest BCUT2D eigenvalue weighted by molar-refractivity contribution is 7.90. The highest BCUT2D eigenvalue weighted by Gasteiger charge is 2.25. The maximum Gasteiger partial charge on any atom is 0.175 e. The highest BCUT2D eigenvalue weighted by Crippen LogP contribution is 2.30. The van der Waals surface area contributed by atoms with Gasteiger partial charge in [0.1, 0.15) is 0 Å². The number of benzene rings is 1.